The van der Waals surface area contributed by atoms with Gasteiger partial charge in [0.1, 0.15) is 5.78 Å². The third kappa shape index (κ3) is 1.53. The minimum absolute atomic E-state index is 0.381. The highest BCUT2D eigenvalue weighted by Crippen LogP contribution is 2.51. The Labute approximate surface area is 86.6 Å². The molecule has 0 saturated heterocycles. The number of hydrogen-bond acceptors (Lipinski definition) is 1. The maximum Gasteiger partial charge on any atom is 0.133 e. The Balaban J connectivity index is 2.06. The van der Waals surface area contributed by atoms with Crippen LogP contribution < -0.4 is 0 Å². The second-order valence-corrected chi connectivity index (χ2v) is 4.95. The highest BCUT2D eigenvalue weighted by atomic mass is 16.1. The lowest BCUT2D eigenvalue weighted by atomic mass is 9.53. The van der Waals surface area contributed by atoms with Gasteiger partial charge in [0.15, 0.2) is 0 Å². The van der Waals surface area contributed by atoms with Crippen LogP contribution in [0.2, 0.25) is 0 Å². The number of hydrogen-bond donors (Lipinski definition) is 0. The van der Waals surface area contributed by atoms with Crippen LogP contribution in [0.25, 0.3) is 0 Å². The molecule has 0 aromatic heterocycles. The normalized spacial score (nSPS) is 41.9. The van der Waals surface area contributed by atoms with E-state index in [1.807, 2.05) is 0 Å². The van der Waals surface area contributed by atoms with Gasteiger partial charge in [0, 0.05) is 5.92 Å². The molecule has 0 spiro atoms. The van der Waals surface area contributed by atoms with Crippen molar-refractivity contribution >= 4 is 5.78 Å². The quantitative estimate of drug-likeness (QED) is 0.583. The van der Waals surface area contributed by atoms with E-state index in [0.717, 1.165) is 5.92 Å². The number of carbonyl (C=O) groups is 1. The van der Waals surface area contributed by atoms with Crippen molar-refractivity contribution in [1.29, 1.82) is 0 Å². The predicted octanol–water partition coefficient (Wildman–Crippen LogP) is 3.20. The van der Waals surface area contributed by atoms with Crippen molar-refractivity contribution in [2.45, 2.75) is 39.5 Å². The molecular formula is C13H20O. The standard InChI is InChI=1S/C13H20O/c1-9-11-7-5-3-4-6-8-12(11)13(9)10(2)14/h3-4,9,11-13H,5-8H2,1-2H3. The summed E-state index contributed by atoms with van der Waals surface area (Å²) in [6.45, 7) is 4.03. The number of Topliss-reactive ketones (excluding diaryl/α,β-unsaturated/α-hetero) is 1. The fraction of sp³-hybridized carbons (Fsp3) is 0.769. The molecule has 0 aromatic rings. The van der Waals surface area contributed by atoms with Crippen LogP contribution in [0.3, 0.4) is 0 Å². The van der Waals surface area contributed by atoms with Gasteiger partial charge in [-0.05, 0) is 50.4 Å². The van der Waals surface area contributed by atoms with E-state index in [9.17, 15) is 4.79 Å². The third-order valence-corrected chi connectivity index (χ3v) is 4.22. The molecular weight excluding hydrogens is 172 g/mol. The smallest absolute Gasteiger partial charge is 0.133 e. The van der Waals surface area contributed by atoms with Crippen molar-refractivity contribution < 1.29 is 4.79 Å². The zero-order valence-corrected chi connectivity index (χ0v) is 9.20. The van der Waals surface area contributed by atoms with E-state index in [4.69, 9.17) is 0 Å². The average molecular weight is 192 g/mol. The first kappa shape index (κ1) is 9.95. The lowest BCUT2D eigenvalue weighted by Gasteiger charge is -2.50. The van der Waals surface area contributed by atoms with E-state index < -0.39 is 0 Å². The van der Waals surface area contributed by atoms with E-state index in [1.54, 1.807) is 6.92 Å². The molecule has 1 fully saturated rings. The summed E-state index contributed by atoms with van der Waals surface area (Å²) in [4.78, 5) is 11.5. The van der Waals surface area contributed by atoms with Gasteiger partial charge in [-0.2, -0.15) is 0 Å². The van der Waals surface area contributed by atoms with Crippen LogP contribution in [0.5, 0.6) is 0 Å². The van der Waals surface area contributed by atoms with Crippen molar-refractivity contribution in [3.8, 4) is 0 Å². The Hall–Kier alpha value is -0.590. The van der Waals surface area contributed by atoms with Crippen LogP contribution in [-0.4, -0.2) is 5.78 Å². The molecule has 4 unspecified atom stereocenters. The number of carbonyl (C=O) groups excluding carboxylic acids is 1. The molecule has 0 bridgehead atoms. The number of rotatable bonds is 1. The minimum Gasteiger partial charge on any atom is -0.300 e. The molecule has 1 nitrogen and oxygen atoms in total. The molecule has 0 N–H and O–H groups in total. The fourth-order valence-corrected chi connectivity index (χ4v) is 3.52. The highest BCUT2D eigenvalue weighted by molar-refractivity contribution is 5.80. The van der Waals surface area contributed by atoms with Gasteiger partial charge >= 0.3 is 0 Å². The van der Waals surface area contributed by atoms with Gasteiger partial charge in [0.05, 0.1) is 0 Å². The van der Waals surface area contributed by atoms with Crippen LogP contribution >= 0.6 is 0 Å². The van der Waals surface area contributed by atoms with E-state index in [2.05, 4.69) is 19.1 Å². The van der Waals surface area contributed by atoms with E-state index in [0.29, 0.717) is 23.5 Å². The Kier molecular flexibility index (Phi) is 2.76. The first-order chi connectivity index (χ1) is 6.72. The molecule has 1 saturated carbocycles. The molecule has 4 atom stereocenters. The van der Waals surface area contributed by atoms with E-state index in [-0.39, 0.29) is 0 Å². The van der Waals surface area contributed by atoms with Gasteiger partial charge in [-0.15, -0.1) is 0 Å². The Bertz CT molecular complexity index is 254. The second-order valence-electron chi connectivity index (χ2n) is 4.95. The Morgan fingerprint density at radius 3 is 2.29 bits per heavy atom. The summed E-state index contributed by atoms with van der Waals surface area (Å²) in [6.07, 6.45) is 9.52. The monoisotopic (exact) mass is 192 g/mol. The van der Waals surface area contributed by atoms with Gasteiger partial charge in [-0.1, -0.05) is 19.1 Å². The maximum atomic E-state index is 11.5. The zero-order chi connectivity index (χ0) is 10.1. The topological polar surface area (TPSA) is 17.1 Å². The average Bonchev–Trinajstić information content (AvgIpc) is 2.08. The van der Waals surface area contributed by atoms with Crippen molar-refractivity contribution in [1.82, 2.24) is 0 Å². The molecule has 78 valence electrons. The summed E-state index contributed by atoms with van der Waals surface area (Å²) >= 11 is 0. The molecule has 1 heteroatoms. The van der Waals surface area contributed by atoms with E-state index in [1.165, 1.54) is 25.7 Å². The highest BCUT2D eigenvalue weighted by Gasteiger charge is 2.48. The van der Waals surface area contributed by atoms with Gasteiger partial charge in [-0.25, -0.2) is 0 Å². The largest absolute Gasteiger partial charge is 0.300 e. The first-order valence-electron chi connectivity index (χ1n) is 5.87. The van der Waals surface area contributed by atoms with Crippen LogP contribution in [0.1, 0.15) is 39.5 Å². The van der Waals surface area contributed by atoms with Gasteiger partial charge in [-0.3, -0.25) is 4.79 Å². The van der Waals surface area contributed by atoms with Crippen molar-refractivity contribution in [2.24, 2.45) is 23.7 Å². The molecule has 2 aliphatic rings. The second kappa shape index (κ2) is 3.88. The van der Waals surface area contributed by atoms with Gasteiger partial charge in [0.2, 0.25) is 0 Å². The van der Waals surface area contributed by atoms with Crippen LogP contribution in [0.15, 0.2) is 12.2 Å². The summed E-state index contributed by atoms with van der Waals surface area (Å²) in [5.41, 5.74) is 0. The molecule has 0 aromatic carbocycles. The summed E-state index contributed by atoms with van der Waals surface area (Å²) in [5, 5.41) is 0. The SMILES string of the molecule is CC(=O)C1C(C)C2CCC=CCCC21. The van der Waals surface area contributed by atoms with Crippen LogP contribution in [0, 0.1) is 23.7 Å². The number of allylic oxidation sites excluding steroid dienone is 2. The first-order valence-corrected chi connectivity index (χ1v) is 5.87. The summed E-state index contributed by atoms with van der Waals surface area (Å²) < 4.78 is 0. The summed E-state index contributed by atoms with van der Waals surface area (Å²) in [7, 11) is 0. The zero-order valence-electron chi connectivity index (χ0n) is 9.20. The number of ketones is 1. The van der Waals surface area contributed by atoms with Crippen LogP contribution in [-0.2, 0) is 4.79 Å². The summed E-state index contributed by atoms with van der Waals surface area (Å²) in [6, 6.07) is 0. The van der Waals surface area contributed by atoms with Crippen molar-refractivity contribution in [3.63, 3.8) is 0 Å². The van der Waals surface area contributed by atoms with Crippen molar-refractivity contribution in [2.75, 3.05) is 0 Å². The van der Waals surface area contributed by atoms with Crippen molar-refractivity contribution in [3.05, 3.63) is 12.2 Å². The Morgan fingerprint density at radius 2 is 1.71 bits per heavy atom. The molecule has 0 heterocycles. The molecule has 14 heavy (non-hydrogen) atoms. The lowest BCUT2D eigenvalue weighted by molar-refractivity contribution is -0.136. The lowest BCUT2D eigenvalue weighted by Crippen LogP contribution is -2.48. The summed E-state index contributed by atoms with van der Waals surface area (Å²) in [5.74, 6) is 2.97. The fourth-order valence-electron chi connectivity index (χ4n) is 3.52. The minimum atomic E-state index is 0.381. The van der Waals surface area contributed by atoms with Gasteiger partial charge < -0.3 is 0 Å². The van der Waals surface area contributed by atoms with E-state index >= 15 is 0 Å². The van der Waals surface area contributed by atoms with Crippen LogP contribution in [0.4, 0.5) is 0 Å². The molecule has 2 rings (SSSR count). The third-order valence-electron chi connectivity index (χ3n) is 4.22. The molecule has 2 aliphatic carbocycles. The molecule has 0 aliphatic heterocycles. The molecule has 0 amide bonds. The predicted molar refractivity (Wildman–Crippen MR) is 57.9 cm³/mol. The maximum absolute atomic E-state index is 11.5. The molecule has 0 radical (unpaired) electrons. The van der Waals surface area contributed by atoms with Gasteiger partial charge in [0.25, 0.3) is 0 Å². The Morgan fingerprint density at radius 1 is 1.14 bits per heavy atom. The number of fused-ring (bicyclic) bond motifs is 1.